The Hall–Kier alpha value is -2.85. The first-order valence-electron chi connectivity index (χ1n) is 9.30. The van der Waals surface area contributed by atoms with E-state index in [0.29, 0.717) is 12.2 Å². The average Bonchev–Trinajstić information content (AvgIpc) is 2.95. The molecule has 1 N–H and O–H groups in total. The van der Waals surface area contributed by atoms with Crippen LogP contribution in [0.2, 0.25) is 5.15 Å². The molecule has 1 aromatic carbocycles. The fourth-order valence-electron chi connectivity index (χ4n) is 2.58. The third kappa shape index (κ3) is 5.15. The van der Waals surface area contributed by atoms with E-state index in [1.807, 2.05) is 44.2 Å². The third-order valence-corrected chi connectivity index (χ3v) is 5.25. The first kappa shape index (κ1) is 22.4. The lowest BCUT2D eigenvalue weighted by Crippen LogP contribution is -2.52. The number of carbonyl (C=O) groups excluding carboxylic acids is 2. The Morgan fingerprint density at radius 2 is 1.93 bits per heavy atom. The Morgan fingerprint density at radius 3 is 2.48 bits per heavy atom. The predicted molar refractivity (Wildman–Crippen MR) is 109 cm³/mol. The molecule has 0 fully saturated rings. The van der Waals surface area contributed by atoms with Crippen LogP contribution in [0.3, 0.4) is 0 Å². The van der Waals surface area contributed by atoms with Crippen molar-refractivity contribution in [2.45, 2.75) is 52.8 Å². The Bertz CT molecular complexity index is 933. The van der Waals surface area contributed by atoms with Gasteiger partial charge in [0.05, 0.1) is 18.3 Å². The van der Waals surface area contributed by atoms with Gasteiger partial charge in [-0.2, -0.15) is 10.4 Å². The summed E-state index contributed by atoms with van der Waals surface area (Å²) in [5.74, 6) is -1.41. The molecule has 2 aromatic rings. The summed E-state index contributed by atoms with van der Waals surface area (Å²) in [7, 11) is 0. The fourth-order valence-corrected chi connectivity index (χ4v) is 2.89. The predicted octanol–water partition coefficient (Wildman–Crippen LogP) is 3.49. The van der Waals surface area contributed by atoms with E-state index in [1.165, 1.54) is 11.6 Å². The zero-order chi connectivity index (χ0) is 21.8. The fraction of sp³-hybridized carbons (Fsp3) is 0.429. The second-order valence-electron chi connectivity index (χ2n) is 7.40. The Labute approximate surface area is 175 Å². The molecule has 1 heterocycles. The summed E-state index contributed by atoms with van der Waals surface area (Å²) < 4.78 is 6.81. The number of nitriles is 1. The number of aromatic nitrogens is 2. The van der Waals surface area contributed by atoms with E-state index in [0.717, 1.165) is 5.56 Å². The highest BCUT2D eigenvalue weighted by Crippen LogP contribution is 2.23. The van der Waals surface area contributed by atoms with Crippen molar-refractivity contribution >= 4 is 23.5 Å². The van der Waals surface area contributed by atoms with Crippen LogP contribution in [0.5, 0.6) is 0 Å². The normalized spacial score (nSPS) is 14.0. The summed E-state index contributed by atoms with van der Waals surface area (Å²) >= 11 is 6.36. The van der Waals surface area contributed by atoms with E-state index in [2.05, 4.69) is 16.5 Å². The number of ether oxygens (including phenoxy) is 1. The van der Waals surface area contributed by atoms with Gasteiger partial charge in [-0.3, -0.25) is 4.79 Å². The summed E-state index contributed by atoms with van der Waals surface area (Å²) in [6.07, 6.45) is -1.10. The van der Waals surface area contributed by atoms with Gasteiger partial charge in [0.25, 0.3) is 5.91 Å². The number of carbonyl (C=O) groups is 2. The zero-order valence-corrected chi connectivity index (χ0v) is 17.9. The molecule has 2 rings (SSSR count). The molecule has 0 saturated carbocycles. The largest absolute Gasteiger partial charge is 0.449 e. The number of nitrogens with zero attached hydrogens (tertiary/aromatic N) is 3. The molecule has 0 radical (unpaired) electrons. The van der Waals surface area contributed by atoms with Gasteiger partial charge < -0.3 is 10.1 Å². The topological polar surface area (TPSA) is 97.0 Å². The number of hydrogen-bond donors (Lipinski definition) is 1. The van der Waals surface area contributed by atoms with Crippen molar-refractivity contribution in [3.8, 4) is 6.07 Å². The van der Waals surface area contributed by atoms with Crippen LogP contribution in [0.15, 0.2) is 30.3 Å². The van der Waals surface area contributed by atoms with Crippen molar-refractivity contribution in [2.24, 2.45) is 5.92 Å². The summed E-state index contributed by atoms with van der Waals surface area (Å²) in [6, 6.07) is 11.7. The van der Waals surface area contributed by atoms with Crippen LogP contribution in [0.1, 0.15) is 49.3 Å². The molecule has 29 heavy (non-hydrogen) atoms. The van der Waals surface area contributed by atoms with Crippen molar-refractivity contribution in [2.75, 3.05) is 0 Å². The van der Waals surface area contributed by atoms with Gasteiger partial charge >= 0.3 is 5.97 Å². The number of benzene rings is 1. The number of halogens is 1. The molecule has 8 heteroatoms. The monoisotopic (exact) mass is 416 g/mol. The lowest BCUT2D eigenvalue weighted by atomic mass is 9.90. The van der Waals surface area contributed by atoms with Crippen LogP contribution in [0.25, 0.3) is 0 Å². The quantitative estimate of drug-likeness (QED) is 0.696. The number of hydrogen-bond acceptors (Lipinski definition) is 5. The maximum atomic E-state index is 12.6. The third-order valence-electron chi connectivity index (χ3n) is 4.87. The average molecular weight is 417 g/mol. The molecule has 154 valence electrons. The van der Waals surface area contributed by atoms with Gasteiger partial charge in [0, 0.05) is 0 Å². The SMILES string of the molecule is Cc1nn(Cc2ccccc2)c(Cl)c1C(=O)O[C@@H](C)C(=O)N[C@](C)(C#N)C(C)C. The summed E-state index contributed by atoms with van der Waals surface area (Å²) in [5, 5.41) is 16.4. The van der Waals surface area contributed by atoms with Crippen molar-refractivity contribution < 1.29 is 14.3 Å². The molecule has 0 unspecified atom stereocenters. The van der Waals surface area contributed by atoms with E-state index in [1.54, 1.807) is 13.8 Å². The number of amides is 1. The summed E-state index contributed by atoms with van der Waals surface area (Å²) in [5.41, 5.74) is 0.446. The number of rotatable bonds is 7. The molecule has 0 aliphatic rings. The minimum Gasteiger partial charge on any atom is -0.449 e. The van der Waals surface area contributed by atoms with Gasteiger partial charge in [0.2, 0.25) is 0 Å². The molecule has 2 atom stereocenters. The summed E-state index contributed by atoms with van der Waals surface area (Å²) in [4.78, 5) is 25.0. The number of aryl methyl sites for hydroxylation is 1. The minimum absolute atomic E-state index is 0.118. The van der Waals surface area contributed by atoms with Gasteiger partial charge in [0.15, 0.2) is 6.10 Å². The molecule has 0 aliphatic carbocycles. The maximum Gasteiger partial charge on any atom is 0.343 e. The first-order valence-corrected chi connectivity index (χ1v) is 9.68. The van der Waals surface area contributed by atoms with Gasteiger partial charge in [-0.25, -0.2) is 9.48 Å². The van der Waals surface area contributed by atoms with Crippen LogP contribution in [0.4, 0.5) is 0 Å². The molecular formula is C21H25ClN4O3. The lowest BCUT2D eigenvalue weighted by molar-refractivity contribution is -0.130. The van der Waals surface area contributed by atoms with Crippen molar-refractivity contribution in [1.29, 1.82) is 5.26 Å². The Morgan fingerprint density at radius 1 is 1.31 bits per heavy atom. The van der Waals surface area contributed by atoms with Crippen molar-refractivity contribution in [3.63, 3.8) is 0 Å². The van der Waals surface area contributed by atoms with Gasteiger partial charge in [-0.1, -0.05) is 55.8 Å². The van der Waals surface area contributed by atoms with Crippen molar-refractivity contribution in [3.05, 3.63) is 52.3 Å². The van der Waals surface area contributed by atoms with E-state index in [4.69, 9.17) is 16.3 Å². The van der Waals surface area contributed by atoms with Crippen LogP contribution in [-0.4, -0.2) is 33.3 Å². The Kier molecular flexibility index (Phi) is 7.04. The van der Waals surface area contributed by atoms with E-state index < -0.39 is 23.5 Å². The molecule has 0 spiro atoms. The van der Waals surface area contributed by atoms with E-state index >= 15 is 0 Å². The molecule has 7 nitrogen and oxygen atoms in total. The highest BCUT2D eigenvalue weighted by Gasteiger charge is 2.33. The van der Waals surface area contributed by atoms with E-state index in [9.17, 15) is 14.9 Å². The molecule has 0 saturated heterocycles. The first-order chi connectivity index (χ1) is 13.6. The second kappa shape index (κ2) is 9.10. The number of nitrogens with one attached hydrogen (secondary N) is 1. The minimum atomic E-state index is -1.10. The molecule has 1 aromatic heterocycles. The zero-order valence-electron chi connectivity index (χ0n) is 17.2. The van der Waals surface area contributed by atoms with Crippen LogP contribution < -0.4 is 5.32 Å². The number of esters is 1. The second-order valence-corrected chi connectivity index (χ2v) is 7.76. The van der Waals surface area contributed by atoms with Crippen LogP contribution >= 0.6 is 11.6 Å². The standard InChI is InChI=1S/C21H25ClN4O3/c1-13(2)21(5,12-23)24-19(27)15(4)29-20(28)17-14(3)25-26(18(17)22)11-16-9-7-6-8-10-16/h6-10,13,15H,11H2,1-5H3,(H,24,27)/t15-,21+/m0/s1. The van der Waals surface area contributed by atoms with Crippen LogP contribution in [0, 0.1) is 24.2 Å². The van der Waals surface area contributed by atoms with E-state index in [-0.39, 0.29) is 16.6 Å². The molecule has 0 aliphatic heterocycles. The Balaban J connectivity index is 2.12. The highest BCUT2D eigenvalue weighted by molar-refractivity contribution is 6.32. The molecular weight excluding hydrogens is 392 g/mol. The van der Waals surface area contributed by atoms with Gasteiger partial charge in [0.1, 0.15) is 16.3 Å². The highest BCUT2D eigenvalue weighted by atomic mass is 35.5. The maximum absolute atomic E-state index is 12.6. The molecule has 1 amide bonds. The van der Waals surface area contributed by atoms with Crippen molar-refractivity contribution in [1.82, 2.24) is 15.1 Å². The summed E-state index contributed by atoms with van der Waals surface area (Å²) in [6.45, 7) is 8.77. The lowest BCUT2D eigenvalue weighted by Gasteiger charge is -2.28. The van der Waals surface area contributed by atoms with Gasteiger partial charge in [-0.15, -0.1) is 0 Å². The molecule has 0 bridgehead atoms. The van der Waals surface area contributed by atoms with Gasteiger partial charge in [-0.05, 0) is 32.3 Å². The smallest absolute Gasteiger partial charge is 0.343 e. The van der Waals surface area contributed by atoms with Crippen LogP contribution in [-0.2, 0) is 16.1 Å².